The fourth-order valence-electron chi connectivity index (χ4n) is 16.6. The van der Waals surface area contributed by atoms with E-state index in [9.17, 15) is 0 Å². The largest absolute Gasteiger partial charge is 0.309 e. The summed E-state index contributed by atoms with van der Waals surface area (Å²) in [4.78, 5) is 2.56. The van der Waals surface area contributed by atoms with Crippen molar-refractivity contribution in [3.05, 3.63) is 266 Å². The van der Waals surface area contributed by atoms with Gasteiger partial charge >= 0.3 is 0 Å². The molecular weight excluding hydrogens is 905 g/mol. The molecule has 0 radical (unpaired) electrons. The molecule has 2 heteroatoms. The van der Waals surface area contributed by atoms with Crippen LogP contribution in [0.4, 0.5) is 17.1 Å². The first kappa shape index (κ1) is 41.7. The standard InChI is InChI=1S/C73H52N2/c1-3-18-46(19-4-1)56-30-16-20-47-21-17-31-62(71(47)56)60-29-10-14-35-67(60)75(54-25-15-22-48(40-54)49-36-39-61-59-28-9-13-34-66(59)74(68(61)42-49)53-23-5-2-6-24-53)65-33-12-8-26-55(65)50-37-38-58-57-27-7-11-32-63(57)73(64(58)41-50)69-44-51-43-52-45-70(73)72(51,52)69/h1-42,51-52,69-70H,43-45H2. The average Bonchev–Trinajstić information content (AvgIpc) is 2.96. The third-order valence-electron chi connectivity index (χ3n) is 19.5. The second-order valence-electron chi connectivity index (χ2n) is 22.3. The molecule has 0 aliphatic heterocycles. The van der Waals surface area contributed by atoms with Gasteiger partial charge in [0.05, 0.1) is 22.4 Å². The first-order chi connectivity index (χ1) is 37.2. The van der Waals surface area contributed by atoms with Crippen LogP contribution in [0.3, 0.4) is 0 Å². The van der Waals surface area contributed by atoms with E-state index in [1.54, 1.807) is 11.1 Å². The maximum atomic E-state index is 2.65. The molecule has 0 saturated heterocycles. The number of hydrogen-bond acceptors (Lipinski definition) is 1. The summed E-state index contributed by atoms with van der Waals surface area (Å²) in [5, 5.41) is 4.99. The second-order valence-corrected chi connectivity index (χ2v) is 22.3. The van der Waals surface area contributed by atoms with Crippen LogP contribution in [0.25, 0.3) is 93.9 Å². The van der Waals surface area contributed by atoms with Crippen molar-refractivity contribution in [3.63, 3.8) is 0 Å². The number of fused-ring (bicyclic) bond motifs is 11. The summed E-state index contributed by atoms with van der Waals surface area (Å²) in [5.41, 5.74) is 23.5. The van der Waals surface area contributed by atoms with E-state index in [0.29, 0.717) is 5.41 Å². The normalized spacial score (nSPS) is 22.1. The molecule has 4 saturated carbocycles. The van der Waals surface area contributed by atoms with Crippen LogP contribution in [0.5, 0.6) is 0 Å². The van der Waals surface area contributed by atoms with E-state index >= 15 is 0 Å². The van der Waals surface area contributed by atoms with Crippen LogP contribution in [-0.4, -0.2) is 4.57 Å². The Balaban J connectivity index is 0.877. The Morgan fingerprint density at radius 2 is 0.947 bits per heavy atom. The zero-order valence-electron chi connectivity index (χ0n) is 41.6. The van der Waals surface area contributed by atoms with Crippen molar-refractivity contribution in [1.82, 2.24) is 4.57 Å². The molecule has 5 aliphatic rings. The lowest BCUT2D eigenvalue weighted by Gasteiger charge is -2.92. The Kier molecular flexibility index (Phi) is 8.58. The summed E-state index contributed by atoms with van der Waals surface area (Å²) in [6.07, 6.45) is 4.26. The smallest absolute Gasteiger partial charge is 0.0547 e. The molecule has 5 aliphatic carbocycles. The van der Waals surface area contributed by atoms with Gasteiger partial charge in [-0.15, -0.1) is 0 Å². The van der Waals surface area contributed by atoms with Gasteiger partial charge in [-0.25, -0.2) is 0 Å². The molecule has 0 bridgehead atoms. The van der Waals surface area contributed by atoms with Crippen molar-refractivity contribution in [3.8, 4) is 61.3 Å². The van der Waals surface area contributed by atoms with Crippen molar-refractivity contribution >= 4 is 49.6 Å². The maximum Gasteiger partial charge on any atom is 0.0547 e. The van der Waals surface area contributed by atoms with Crippen molar-refractivity contribution in [2.45, 2.75) is 24.7 Å². The van der Waals surface area contributed by atoms with E-state index in [1.165, 1.54) is 107 Å². The molecule has 0 N–H and O–H groups in total. The van der Waals surface area contributed by atoms with E-state index in [-0.39, 0.29) is 5.41 Å². The molecular formula is C73H52N2. The molecule has 75 heavy (non-hydrogen) atoms. The molecule has 17 rings (SSSR count). The summed E-state index contributed by atoms with van der Waals surface area (Å²) in [6.45, 7) is 0. The Morgan fingerprint density at radius 1 is 0.360 bits per heavy atom. The van der Waals surface area contributed by atoms with Gasteiger partial charge in [0.2, 0.25) is 0 Å². The molecule has 1 aromatic heterocycles. The highest BCUT2D eigenvalue weighted by Crippen LogP contribution is 2.94. The van der Waals surface area contributed by atoms with Gasteiger partial charge in [0.15, 0.2) is 0 Å². The van der Waals surface area contributed by atoms with Crippen LogP contribution >= 0.6 is 0 Å². The third kappa shape index (κ3) is 5.44. The first-order valence-corrected chi connectivity index (χ1v) is 27.2. The molecule has 4 atom stereocenters. The predicted molar refractivity (Wildman–Crippen MR) is 311 cm³/mol. The first-order valence-electron chi connectivity index (χ1n) is 27.2. The molecule has 4 unspecified atom stereocenters. The summed E-state index contributed by atoms with van der Waals surface area (Å²) in [6, 6.07) is 95.8. The molecule has 12 aromatic rings. The second kappa shape index (κ2) is 15.4. The van der Waals surface area contributed by atoms with Gasteiger partial charge < -0.3 is 9.47 Å². The van der Waals surface area contributed by atoms with E-state index in [0.717, 1.165) is 46.4 Å². The highest BCUT2D eigenvalue weighted by molar-refractivity contribution is 6.11. The SMILES string of the molecule is c1ccc(-c2cccc3cccc(-c4ccccc4N(c4cccc(-c5ccc6c7ccccc7n(-c7ccccc7)c6c5)c4)c4ccccc4-c4ccc5c(c4)C4(c6ccccc6-5)C5CC6CC7CC4C675)c23)cc1. The number of aromatic nitrogens is 1. The third-order valence-corrected chi connectivity index (χ3v) is 19.5. The molecule has 1 heterocycles. The summed E-state index contributed by atoms with van der Waals surface area (Å²) >= 11 is 0. The van der Waals surface area contributed by atoms with Gasteiger partial charge in [-0.1, -0.05) is 200 Å². The Bertz CT molecular complexity index is 4300. The van der Waals surface area contributed by atoms with Crippen molar-refractivity contribution in [2.75, 3.05) is 4.90 Å². The fraction of sp³-hybridized carbons (Fsp3) is 0.123. The number of nitrogens with zero attached hydrogens (tertiary/aromatic N) is 2. The zero-order chi connectivity index (χ0) is 49.0. The van der Waals surface area contributed by atoms with Gasteiger partial charge in [0.1, 0.15) is 0 Å². The van der Waals surface area contributed by atoms with Crippen molar-refractivity contribution in [1.29, 1.82) is 0 Å². The zero-order valence-corrected chi connectivity index (χ0v) is 41.6. The fourth-order valence-corrected chi connectivity index (χ4v) is 16.6. The van der Waals surface area contributed by atoms with E-state index in [4.69, 9.17) is 0 Å². The molecule has 4 fully saturated rings. The van der Waals surface area contributed by atoms with Gasteiger partial charge in [0, 0.05) is 38.7 Å². The topological polar surface area (TPSA) is 8.17 Å². The van der Waals surface area contributed by atoms with E-state index in [1.807, 2.05) is 0 Å². The monoisotopic (exact) mass is 956 g/mol. The van der Waals surface area contributed by atoms with Crippen molar-refractivity contribution < 1.29 is 0 Å². The number of hydrogen-bond donors (Lipinski definition) is 0. The molecule has 2 nitrogen and oxygen atoms in total. The average molecular weight is 957 g/mol. The number of rotatable bonds is 8. The lowest BCUT2D eigenvalue weighted by molar-refractivity contribution is -0.412. The number of anilines is 3. The molecule has 11 aromatic carbocycles. The van der Waals surface area contributed by atoms with Crippen molar-refractivity contribution in [2.24, 2.45) is 29.1 Å². The highest BCUT2D eigenvalue weighted by atomic mass is 15.1. The minimum absolute atomic E-state index is 0.128. The number of para-hydroxylation sites is 4. The quantitative estimate of drug-likeness (QED) is 0.147. The Labute approximate surface area is 437 Å². The van der Waals surface area contributed by atoms with E-state index < -0.39 is 0 Å². The summed E-state index contributed by atoms with van der Waals surface area (Å²) in [5.74, 6) is 3.45. The molecule has 354 valence electrons. The van der Waals surface area contributed by atoms with Crippen LogP contribution in [0.2, 0.25) is 0 Å². The summed E-state index contributed by atoms with van der Waals surface area (Å²) in [7, 11) is 0. The van der Waals surface area contributed by atoms with Gasteiger partial charge in [-0.05, 0) is 169 Å². The Morgan fingerprint density at radius 3 is 1.75 bits per heavy atom. The lowest BCUT2D eigenvalue weighted by atomic mass is 9.11. The predicted octanol–water partition coefficient (Wildman–Crippen LogP) is 19.0. The minimum atomic E-state index is 0.128. The summed E-state index contributed by atoms with van der Waals surface area (Å²) < 4.78 is 2.42. The van der Waals surface area contributed by atoms with Gasteiger partial charge in [0.25, 0.3) is 0 Å². The maximum absolute atomic E-state index is 2.65. The highest BCUT2D eigenvalue weighted by Gasteiger charge is 2.90. The van der Waals surface area contributed by atoms with Gasteiger partial charge in [-0.3, -0.25) is 0 Å². The van der Waals surface area contributed by atoms with Crippen LogP contribution in [0, 0.1) is 29.1 Å². The Hall–Kier alpha value is -8.72. The van der Waals surface area contributed by atoms with Crippen LogP contribution in [0.1, 0.15) is 30.4 Å². The minimum Gasteiger partial charge on any atom is -0.309 e. The van der Waals surface area contributed by atoms with Crippen LogP contribution in [-0.2, 0) is 5.41 Å². The lowest BCUT2D eigenvalue weighted by Crippen LogP contribution is -2.88. The number of benzene rings is 11. The van der Waals surface area contributed by atoms with E-state index in [2.05, 4.69) is 264 Å². The molecule has 2 spiro atoms. The van der Waals surface area contributed by atoms with Crippen LogP contribution in [0.15, 0.2) is 255 Å². The molecule has 0 amide bonds. The van der Waals surface area contributed by atoms with Gasteiger partial charge in [-0.2, -0.15) is 0 Å². The van der Waals surface area contributed by atoms with Crippen LogP contribution < -0.4 is 4.90 Å².